The van der Waals surface area contributed by atoms with Crippen molar-refractivity contribution in [2.75, 3.05) is 6.54 Å². The summed E-state index contributed by atoms with van der Waals surface area (Å²) in [4.78, 5) is 22.1. The maximum absolute atomic E-state index is 11.7. The number of benzene rings is 1. The number of rotatable bonds is 4. The second-order valence-corrected chi connectivity index (χ2v) is 4.59. The van der Waals surface area contributed by atoms with Gasteiger partial charge < -0.3 is 10.4 Å². The fourth-order valence-electron chi connectivity index (χ4n) is 1.96. The van der Waals surface area contributed by atoms with Crippen LogP contribution in [0.2, 0.25) is 0 Å². The Morgan fingerprint density at radius 1 is 1.11 bits per heavy atom. The van der Waals surface area contributed by atoms with E-state index in [-0.39, 0.29) is 18.9 Å². The number of nitrogens with one attached hydrogen (secondary N) is 1. The molecule has 0 aliphatic heterocycles. The van der Waals surface area contributed by atoms with Gasteiger partial charge in [0.25, 0.3) is 0 Å². The molecule has 0 heterocycles. The van der Waals surface area contributed by atoms with Crippen molar-refractivity contribution in [3.05, 3.63) is 33.9 Å². The lowest BCUT2D eigenvalue weighted by atomic mass is 9.92. The molecular formula is C14H19NO3. The number of hydrogen-bond acceptors (Lipinski definition) is 2. The van der Waals surface area contributed by atoms with E-state index < -0.39 is 5.97 Å². The van der Waals surface area contributed by atoms with E-state index in [1.54, 1.807) is 0 Å². The molecular weight excluding hydrogens is 230 g/mol. The van der Waals surface area contributed by atoms with Gasteiger partial charge in [-0.2, -0.15) is 0 Å². The van der Waals surface area contributed by atoms with Crippen LogP contribution >= 0.6 is 0 Å². The minimum absolute atomic E-state index is 0.230. The van der Waals surface area contributed by atoms with E-state index in [1.165, 1.54) is 0 Å². The van der Waals surface area contributed by atoms with Gasteiger partial charge in [-0.1, -0.05) is 6.07 Å². The van der Waals surface area contributed by atoms with Gasteiger partial charge in [-0.15, -0.1) is 0 Å². The highest BCUT2D eigenvalue weighted by molar-refractivity contribution is 5.83. The summed E-state index contributed by atoms with van der Waals surface area (Å²) in [5.74, 6) is -1.29. The predicted octanol–water partition coefficient (Wildman–Crippen LogP) is 1.66. The number of amides is 1. The summed E-state index contributed by atoms with van der Waals surface area (Å²) in [5.41, 5.74) is 5.50. The molecule has 1 amide bonds. The molecule has 18 heavy (non-hydrogen) atoms. The van der Waals surface area contributed by atoms with Gasteiger partial charge in [-0.05, 0) is 55.5 Å². The van der Waals surface area contributed by atoms with E-state index in [1.807, 2.05) is 27.7 Å². The third-order valence-corrected chi connectivity index (χ3v) is 3.30. The summed E-state index contributed by atoms with van der Waals surface area (Å²) in [6.45, 7) is 7.67. The first-order chi connectivity index (χ1) is 8.32. The Kier molecular flexibility index (Phi) is 4.48. The van der Waals surface area contributed by atoms with Crippen molar-refractivity contribution < 1.29 is 14.7 Å². The van der Waals surface area contributed by atoms with Crippen molar-refractivity contribution in [3.63, 3.8) is 0 Å². The van der Waals surface area contributed by atoms with Crippen molar-refractivity contribution in [1.82, 2.24) is 5.32 Å². The van der Waals surface area contributed by atoms with E-state index in [9.17, 15) is 9.59 Å². The SMILES string of the molecule is Cc1cc(C)c(C)c(CC(=O)NCC(=O)O)c1C. The third kappa shape index (κ3) is 3.32. The van der Waals surface area contributed by atoms with E-state index in [0.29, 0.717) is 0 Å². The van der Waals surface area contributed by atoms with Crippen LogP contribution < -0.4 is 5.32 Å². The number of carbonyl (C=O) groups excluding carboxylic acids is 1. The molecule has 98 valence electrons. The van der Waals surface area contributed by atoms with Crippen LogP contribution in [0.1, 0.15) is 27.8 Å². The Labute approximate surface area is 107 Å². The van der Waals surface area contributed by atoms with Gasteiger partial charge in [0, 0.05) is 0 Å². The first kappa shape index (κ1) is 14.2. The molecule has 0 fully saturated rings. The summed E-state index contributed by atoms with van der Waals surface area (Å²) in [7, 11) is 0. The molecule has 4 nitrogen and oxygen atoms in total. The molecule has 1 aromatic carbocycles. The van der Waals surface area contributed by atoms with Crippen molar-refractivity contribution in [2.45, 2.75) is 34.1 Å². The third-order valence-electron chi connectivity index (χ3n) is 3.30. The fourth-order valence-corrected chi connectivity index (χ4v) is 1.96. The molecule has 0 aliphatic carbocycles. The smallest absolute Gasteiger partial charge is 0.322 e. The van der Waals surface area contributed by atoms with Crippen LogP contribution in [-0.2, 0) is 16.0 Å². The number of carbonyl (C=O) groups is 2. The van der Waals surface area contributed by atoms with Crippen LogP contribution in [0, 0.1) is 27.7 Å². The highest BCUT2D eigenvalue weighted by atomic mass is 16.4. The second-order valence-electron chi connectivity index (χ2n) is 4.59. The van der Waals surface area contributed by atoms with E-state index in [2.05, 4.69) is 11.4 Å². The molecule has 0 atom stereocenters. The average Bonchev–Trinajstić information content (AvgIpc) is 2.29. The quantitative estimate of drug-likeness (QED) is 0.853. The molecule has 0 saturated carbocycles. The van der Waals surface area contributed by atoms with E-state index in [0.717, 1.165) is 27.8 Å². The van der Waals surface area contributed by atoms with Crippen molar-refractivity contribution in [1.29, 1.82) is 0 Å². The Morgan fingerprint density at radius 2 is 1.61 bits per heavy atom. The summed E-state index contributed by atoms with van der Waals surface area (Å²) in [5, 5.41) is 10.9. The monoisotopic (exact) mass is 249 g/mol. The van der Waals surface area contributed by atoms with Gasteiger partial charge in [0.1, 0.15) is 6.54 Å². The lowest BCUT2D eigenvalue weighted by Gasteiger charge is -2.14. The molecule has 0 radical (unpaired) electrons. The first-order valence-corrected chi connectivity index (χ1v) is 5.87. The average molecular weight is 249 g/mol. The van der Waals surface area contributed by atoms with Gasteiger partial charge in [0.05, 0.1) is 6.42 Å². The number of hydrogen-bond donors (Lipinski definition) is 2. The van der Waals surface area contributed by atoms with Gasteiger partial charge in [0.2, 0.25) is 5.91 Å². The number of aryl methyl sites for hydroxylation is 2. The summed E-state index contributed by atoms with van der Waals surface area (Å²) in [6.07, 6.45) is 0.230. The Balaban J connectivity index is 2.90. The molecule has 1 aromatic rings. The van der Waals surface area contributed by atoms with Gasteiger partial charge in [-0.3, -0.25) is 9.59 Å². The topological polar surface area (TPSA) is 66.4 Å². The van der Waals surface area contributed by atoms with Crippen LogP contribution in [0.15, 0.2) is 6.07 Å². The normalized spacial score (nSPS) is 10.2. The van der Waals surface area contributed by atoms with Gasteiger partial charge in [0.15, 0.2) is 0 Å². The molecule has 0 saturated heterocycles. The Morgan fingerprint density at radius 3 is 2.06 bits per heavy atom. The first-order valence-electron chi connectivity index (χ1n) is 5.87. The highest BCUT2D eigenvalue weighted by Crippen LogP contribution is 2.21. The highest BCUT2D eigenvalue weighted by Gasteiger charge is 2.12. The minimum atomic E-state index is -1.03. The van der Waals surface area contributed by atoms with Crippen LogP contribution in [0.4, 0.5) is 0 Å². The maximum Gasteiger partial charge on any atom is 0.322 e. The maximum atomic E-state index is 11.7. The largest absolute Gasteiger partial charge is 0.480 e. The fraction of sp³-hybridized carbons (Fsp3) is 0.429. The molecule has 2 N–H and O–H groups in total. The van der Waals surface area contributed by atoms with Crippen LogP contribution in [0.3, 0.4) is 0 Å². The lowest BCUT2D eigenvalue weighted by molar-refractivity contribution is -0.137. The summed E-state index contributed by atoms with van der Waals surface area (Å²) < 4.78 is 0. The van der Waals surface area contributed by atoms with Crippen molar-refractivity contribution in [2.24, 2.45) is 0 Å². The Bertz CT molecular complexity index is 466. The van der Waals surface area contributed by atoms with Crippen molar-refractivity contribution >= 4 is 11.9 Å². The van der Waals surface area contributed by atoms with Crippen LogP contribution in [-0.4, -0.2) is 23.5 Å². The molecule has 0 unspecified atom stereocenters. The molecule has 0 bridgehead atoms. The minimum Gasteiger partial charge on any atom is -0.480 e. The van der Waals surface area contributed by atoms with Crippen LogP contribution in [0.25, 0.3) is 0 Å². The van der Waals surface area contributed by atoms with Gasteiger partial charge in [-0.25, -0.2) is 0 Å². The lowest BCUT2D eigenvalue weighted by Crippen LogP contribution is -2.31. The number of aliphatic carboxylic acids is 1. The predicted molar refractivity (Wildman–Crippen MR) is 69.7 cm³/mol. The van der Waals surface area contributed by atoms with E-state index >= 15 is 0 Å². The molecule has 0 aromatic heterocycles. The standard InChI is InChI=1S/C14H19NO3/c1-8-5-9(2)11(4)12(10(8)3)6-13(16)15-7-14(17)18/h5H,6-7H2,1-4H3,(H,15,16)(H,17,18). The zero-order chi connectivity index (χ0) is 13.9. The number of carboxylic acid groups (broad SMARTS) is 1. The zero-order valence-corrected chi connectivity index (χ0v) is 11.3. The molecule has 0 aliphatic rings. The number of carboxylic acids is 1. The summed E-state index contributed by atoms with van der Waals surface area (Å²) in [6, 6.07) is 2.10. The summed E-state index contributed by atoms with van der Waals surface area (Å²) >= 11 is 0. The Hall–Kier alpha value is -1.84. The molecule has 4 heteroatoms. The van der Waals surface area contributed by atoms with Crippen molar-refractivity contribution in [3.8, 4) is 0 Å². The van der Waals surface area contributed by atoms with E-state index in [4.69, 9.17) is 5.11 Å². The van der Waals surface area contributed by atoms with Gasteiger partial charge >= 0.3 is 5.97 Å². The van der Waals surface area contributed by atoms with Crippen LogP contribution in [0.5, 0.6) is 0 Å². The zero-order valence-electron chi connectivity index (χ0n) is 11.3. The molecule has 1 rings (SSSR count). The molecule has 0 spiro atoms. The second kappa shape index (κ2) is 5.67.